The van der Waals surface area contributed by atoms with Gasteiger partial charge in [0.25, 0.3) is 0 Å². The standard InChI is InChI=1S/C11H16N4O3S/c12-9(19)11(2-5-17-6-3-11)10(16)13-4-1-8-14-7-15-18-8/h7H,1-6H2,(H2,12,19)(H,13,16). The number of nitrogens with zero attached hydrogens (tertiary/aromatic N) is 2. The van der Waals surface area contributed by atoms with Crippen LogP contribution in [0.15, 0.2) is 10.9 Å². The summed E-state index contributed by atoms with van der Waals surface area (Å²) in [6.45, 7) is 1.40. The Morgan fingerprint density at radius 2 is 2.26 bits per heavy atom. The van der Waals surface area contributed by atoms with Crippen LogP contribution >= 0.6 is 12.2 Å². The molecular weight excluding hydrogens is 268 g/mol. The number of hydrogen-bond donors (Lipinski definition) is 2. The highest BCUT2D eigenvalue weighted by Gasteiger charge is 2.42. The molecule has 0 bridgehead atoms. The molecule has 2 heterocycles. The van der Waals surface area contributed by atoms with Gasteiger partial charge in [-0.1, -0.05) is 17.4 Å². The van der Waals surface area contributed by atoms with Crippen LogP contribution in [0.1, 0.15) is 18.7 Å². The number of aromatic nitrogens is 2. The minimum absolute atomic E-state index is 0.150. The van der Waals surface area contributed by atoms with Crippen molar-refractivity contribution in [3.05, 3.63) is 12.2 Å². The van der Waals surface area contributed by atoms with E-state index in [1.807, 2.05) is 0 Å². The molecule has 1 saturated heterocycles. The van der Waals surface area contributed by atoms with Crippen LogP contribution in [0.5, 0.6) is 0 Å². The van der Waals surface area contributed by atoms with Crippen molar-refractivity contribution >= 4 is 23.1 Å². The fourth-order valence-corrected chi connectivity index (χ4v) is 2.36. The van der Waals surface area contributed by atoms with E-state index in [9.17, 15) is 4.79 Å². The van der Waals surface area contributed by atoms with Crippen LogP contribution in [0, 0.1) is 5.41 Å². The first kappa shape index (κ1) is 13.9. The van der Waals surface area contributed by atoms with Crippen LogP contribution in [-0.2, 0) is 16.0 Å². The summed E-state index contributed by atoms with van der Waals surface area (Å²) < 4.78 is 10.1. The van der Waals surface area contributed by atoms with Crippen molar-refractivity contribution in [3.8, 4) is 0 Å². The van der Waals surface area contributed by atoms with Crippen molar-refractivity contribution in [2.24, 2.45) is 11.1 Å². The predicted octanol–water partition coefficient (Wildman–Crippen LogP) is -0.189. The lowest BCUT2D eigenvalue weighted by molar-refractivity contribution is -0.131. The van der Waals surface area contributed by atoms with Gasteiger partial charge in [-0.05, 0) is 12.8 Å². The van der Waals surface area contributed by atoms with E-state index in [-0.39, 0.29) is 10.9 Å². The van der Waals surface area contributed by atoms with E-state index < -0.39 is 5.41 Å². The van der Waals surface area contributed by atoms with Gasteiger partial charge in [0.2, 0.25) is 11.8 Å². The maximum absolute atomic E-state index is 12.3. The van der Waals surface area contributed by atoms with Crippen LogP contribution in [0.3, 0.4) is 0 Å². The number of amides is 1. The molecule has 0 saturated carbocycles. The Morgan fingerprint density at radius 3 is 2.84 bits per heavy atom. The third kappa shape index (κ3) is 3.07. The molecule has 19 heavy (non-hydrogen) atoms. The molecule has 104 valence electrons. The molecule has 1 aromatic heterocycles. The lowest BCUT2D eigenvalue weighted by atomic mass is 9.79. The van der Waals surface area contributed by atoms with Gasteiger partial charge in [0.1, 0.15) is 5.41 Å². The fraction of sp³-hybridized carbons (Fsp3) is 0.636. The van der Waals surface area contributed by atoms with Crippen molar-refractivity contribution in [1.82, 2.24) is 15.5 Å². The SMILES string of the molecule is NC(=S)C1(C(=O)NCCc2ncno2)CCOCC1. The summed E-state index contributed by atoms with van der Waals surface area (Å²) in [5.74, 6) is 0.333. The molecule has 1 amide bonds. The molecule has 8 heteroatoms. The Balaban J connectivity index is 1.91. The summed E-state index contributed by atoms with van der Waals surface area (Å²) >= 11 is 5.05. The summed E-state index contributed by atoms with van der Waals surface area (Å²) in [5, 5.41) is 6.32. The molecule has 1 aromatic rings. The fourth-order valence-electron chi connectivity index (χ4n) is 2.06. The van der Waals surface area contributed by atoms with E-state index in [1.54, 1.807) is 0 Å². The van der Waals surface area contributed by atoms with E-state index in [2.05, 4.69) is 15.5 Å². The van der Waals surface area contributed by atoms with E-state index in [4.69, 9.17) is 27.2 Å². The maximum Gasteiger partial charge on any atom is 0.233 e. The number of rotatable bonds is 5. The second-order valence-electron chi connectivity index (χ2n) is 4.40. The first-order chi connectivity index (χ1) is 9.15. The quantitative estimate of drug-likeness (QED) is 0.722. The topological polar surface area (TPSA) is 103 Å². The minimum Gasteiger partial charge on any atom is -0.392 e. The molecule has 1 aliphatic rings. The Kier molecular flexibility index (Phi) is 4.43. The van der Waals surface area contributed by atoms with Crippen molar-refractivity contribution in [3.63, 3.8) is 0 Å². The average molecular weight is 284 g/mol. The summed E-state index contributed by atoms with van der Waals surface area (Å²) in [5.41, 5.74) is 4.95. The number of carbonyl (C=O) groups is 1. The van der Waals surface area contributed by atoms with Gasteiger partial charge in [0.05, 0.1) is 4.99 Å². The highest BCUT2D eigenvalue weighted by Crippen LogP contribution is 2.31. The molecule has 0 unspecified atom stereocenters. The second-order valence-corrected chi connectivity index (χ2v) is 4.84. The zero-order valence-electron chi connectivity index (χ0n) is 10.4. The van der Waals surface area contributed by atoms with Crippen molar-refractivity contribution in [2.75, 3.05) is 19.8 Å². The Bertz CT molecular complexity index is 443. The van der Waals surface area contributed by atoms with Crippen LogP contribution < -0.4 is 11.1 Å². The van der Waals surface area contributed by atoms with Crippen molar-refractivity contribution < 1.29 is 14.1 Å². The highest BCUT2D eigenvalue weighted by atomic mass is 32.1. The monoisotopic (exact) mass is 284 g/mol. The van der Waals surface area contributed by atoms with E-state index in [0.717, 1.165) is 0 Å². The van der Waals surface area contributed by atoms with Crippen LogP contribution in [0.25, 0.3) is 0 Å². The summed E-state index contributed by atoms with van der Waals surface area (Å²) in [6.07, 6.45) is 2.85. The van der Waals surface area contributed by atoms with Crippen LogP contribution in [0.4, 0.5) is 0 Å². The van der Waals surface area contributed by atoms with Gasteiger partial charge < -0.3 is 20.3 Å². The van der Waals surface area contributed by atoms with Gasteiger partial charge >= 0.3 is 0 Å². The van der Waals surface area contributed by atoms with Crippen molar-refractivity contribution in [1.29, 1.82) is 0 Å². The number of nitrogens with two attached hydrogens (primary N) is 1. The Morgan fingerprint density at radius 1 is 1.53 bits per heavy atom. The smallest absolute Gasteiger partial charge is 0.233 e. The third-order valence-electron chi connectivity index (χ3n) is 3.28. The molecule has 1 aliphatic heterocycles. The first-order valence-electron chi connectivity index (χ1n) is 6.07. The zero-order valence-corrected chi connectivity index (χ0v) is 11.2. The lowest BCUT2D eigenvalue weighted by Crippen LogP contribution is -2.52. The number of thiocarbonyl (C=S) groups is 1. The van der Waals surface area contributed by atoms with Gasteiger partial charge in [0.15, 0.2) is 6.33 Å². The Hall–Kier alpha value is -1.54. The van der Waals surface area contributed by atoms with E-state index in [0.29, 0.717) is 44.9 Å². The van der Waals surface area contributed by atoms with Gasteiger partial charge in [-0.25, -0.2) is 0 Å². The Labute approximate surface area is 115 Å². The number of nitrogens with one attached hydrogen (secondary N) is 1. The van der Waals surface area contributed by atoms with Gasteiger partial charge in [-0.15, -0.1) is 0 Å². The molecular formula is C11H16N4O3S. The highest BCUT2D eigenvalue weighted by molar-refractivity contribution is 7.80. The van der Waals surface area contributed by atoms with Gasteiger partial charge in [-0.3, -0.25) is 4.79 Å². The third-order valence-corrected chi connectivity index (χ3v) is 3.67. The first-order valence-corrected chi connectivity index (χ1v) is 6.47. The molecule has 3 N–H and O–H groups in total. The van der Waals surface area contributed by atoms with Crippen molar-refractivity contribution in [2.45, 2.75) is 19.3 Å². The van der Waals surface area contributed by atoms with E-state index >= 15 is 0 Å². The maximum atomic E-state index is 12.3. The predicted molar refractivity (Wildman–Crippen MR) is 70.3 cm³/mol. The second kappa shape index (κ2) is 6.07. The number of hydrogen-bond acceptors (Lipinski definition) is 6. The number of carbonyl (C=O) groups excluding carboxylic acids is 1. The summed E-state index contributed by atoms with van der Waals surface area (Å²) in [6, 6.07) is 0. The average Bonchev–Trinajstić information content (AvgIpc) is 2.92. The molecule has 0 aliphatic carbocycles. The molecule has 0 aromatic carbocycles. The normalized spacial score (nSPS) is 17.9. The largest absolute Gasteiger partial charge is 0.392 e. The summed E-state index contributed by atoms with van der Waals surface area (Å²) in [7, 11) is 0. The van der Waals surface area contributed by atoms with Crippen LogP contribution in [-0.4, -0.2) is 40.8 Å². The molecule has 0 spiro atoms. The molecule has 1 fully saturated rings. The molecule has 0 radical (unpaired) electrons. The van der Waals surface area contributed by atoms with E-state index in [1.165, 1.54) is 6.33 Å². The van der Waals surface area contributed by atoms with Crippen LogP contribution in [0.2, 0.25) is 0 Å². The lowest BCUT2D eigenvalue weighted by Gasteiger charge is -2.34. The number of ether oxygens (including phenoxy) is 1. The molecule has 0 atom stereocenters. The summed E-state index contributed by atoms with van der Waals surface area (Å²) in [4.78, 5) is 16.4. The van der Waals surface area contributed by atoms with Gasteiger partial charge in [0, 0.05) is 26.2 Å². The molecule has 7 nitrogen and oxygen atoms in total. The minimum atomic E-state index is -0.789. The van der Waals surface area contributed by atoms with Gasteiger partial charge in [-0.2, -0.15) is 4.98 Å². The molecule has 2 rings (SSSR count). The zero-order chi connectivity index (χ0) is 13.7.